The smallest absolute Gasteiger partial charge is 0.250 e. The Morgan fingerprint density at radius 3 is 2.44 bits per heavy atom. The van der Waals surface area contributed by atoms with Gasteiger partial charge in [-0.2, -0.15) is 0 Å². The molecule has 2 fully saturated rings. The number of carbonyl (C=O) groups is 1. The van der Waals surface area contributed by atoms with Crippen molar-refractivity contribution in [3.8, 4) is 0 Å². The van der Waals surface area contributed by atoms with Gasteiger partial charge in [-0.15, -0.1) is 0 Å². The van der Waals surface area contributed by atoms with Crippen LogP contribution in [0.1, 0.15) is 34.9 Å². The molecule has 4 rings (SSSR count). The highest BCUT2D eigenvalue weighted by molar-refractivity contribution is 5.96. The van der Waals surface area contributed by atoms with Gasteiger partial charge in [0.25, 0.3) is 5.91 Å². The van der Waals surface area contributed by atoms with Gasteiger partial charge >= 0.3 is 0 Å². The Hall–Kier alpha value is -2.31. The van der Waals surface area contributed by atoms with Gasteiger partial charge < -0.3 is 0 Å². The summed E-state index contributed by atoms with van der Waals surface area (Å²) in [6.45, 7) is 6.79. The molecule has 0 spiro atoms. The first kappa shape index (κ1) is 16.2. The molecule has 6 nitrogen and oxygen atoms in total. The van der Waals surface area contributed by atoms with Crippen LogP contribution in [0.3, 0.4) is 0 Å². The molecule has 6 heteroatoms. The van der Waals surface area contributed by atoms with Gasteiger partial charge in [0.1, 0.15) is 0 Å². The zero-order valence-electron chi connectivity index (χ0n) is 14.8. The zero-order chi connectivity index (χ0) is 17.6. The molecule has 2 aliphatic rings. The zero-order valence-corrected chi connectivity index (χ0v) is 14.8. The molecule has 2 aliphatic heterocycles. The van der Waals surface area contributed by atoms with E-state index in [4.69, 9.17) is 0 Å². The Morgan fingerprint density at radius 1 is 1.08 bits per heavy atom. The number of aryl methyl sites for hydroxylation is 3. The predicted octanol–water partition coefficient (Wildman–Crippen LogP) is 1.97. The van der Waals surface area contributed by atoms with Gasteiger partial charge in [0.15, 0.2) is 0 Å². The number of nitrogens with zero attached hydrogens (tertiary/aromatic N) is 3. The molecule has 0 aliphatic carbocycles. The normalized spacial score (nSPS) is 26.0. The maximum atomic E-state index is 13.2. The number of nitrogens with one attached hydrogen (secondary N) is 2. The Bertz CT molecular complexity index is 784. The first-order valence-corrected chi connectivity index (χ1v) is 8.75. The molecule has 3 unspecified atom stereocenters. The molecule has 1 aromatic carbocycles. The number of fused-ring (bicyclic) bond motifs is 1. The lowest BCUT2D eigenvalue weighted by Gasteiger charge is -2.32. The van der Waals surface area contributed by atoms with Crippen molar-refractivity contribution in [2.75, 3.05) is 11.6 Å². The van der Waals surface area contributed by atoms with Crippen LogP contribution in [0, 0.1) is 26.7 Å². The van der Waals surface area contributed by atoms with Crippen molar-refractivity contribution >= 4 is 11.9 Å². The summed E-state index contributed by atoms with van der Waals surface area (Å²) in [6.07, 6.45) is 0.858. The van der Waals surface area contributed by atoms with Crippen molar-refractivity contribution in [3.05, 3.63) is 52.8 Å². The lowest BCUT2D eigenvalue weighted by atomic mass is 9.79. The Labute approximate surface area is 147 Å². The SMILES string of the molecule is Cc1ccc(C2CCNC3NN(c4nc(C)cc(C)n4)C(=O)C32)cc1. The highest BCUT2D eigenvalue weighted by Gasteiger charge is 2.48. The summed E-state index contributed by atoms with van der Waals surface area (Å²) in [7, 11) is 0. The van der Waals surface area contributed by atoms with Gasteiger partial charge in [0.2, 0.25) is 5.95 Å². The minimum Gasteiger partial charge on any atom is -0.300 e. The van der Waals surface area contributed by atoms with Gasteiger partial charge in [-0.25, -0.2) is 20.4 Å². The van der Waals surface area contributed by atoms with Crippen molar-refractivity contribution in [3.63, 3.8) is 0 Å². The second-order valence-corrected chi connectivity index (χ2v) is 7.02. The van der Waals surface area contributed by atoms with Gasteiger partial charge in [0.05, 0.1) is 12.1 Å². The fraction of sp³-hybridized carbons (Fsp3) is 0.421. The van der Waals surface area contributed by atoms with E-state index in [1.165, 1.54) is 16.1 Å². The van der Waals surface area contributed by atoms with E-state index in [1.807, 2.05) is 19.9 Å². The molecule has 130 valence electrons. The van der Waals surface area contributed by atoms with E-state index >= 15 is 0 Å². The summed E-state index contributed by atoms with van der Waals surface area (Å²) in [6, 6.07) is 10.4. The third-order valence-corrected chi connectivity index (χ3v) is 5.06. The second-order valence-electron chi connectivity index (χ2n) is 7.02. The minimum absolute atomic E-state index is 0.0350. The summed E-state index contributed by atoms with van der Waals surface area (Å²) in [5.74, 6) is 0.512. The first-order chi connectivity index (χ1) is 12.0. The van der Waals surface area contributed by atoms with Crippen molar-refractivity contribution in [2.45, 2.75) is 39.3 Å². The van der Waals surface area contributed by atoms with E-state index in [0.717, 1.165) is 24.4 Å². The third-order valence-electron chi connectivity index (χ3n) is 5.06. The van der Waals surface area contributed by atoms with Crippen LogP contribution >= 0.6 is 0 Å². The number of carbonyl (C=O) groups excluding carboxylic acids is 1. The molecule has 3 heterocycles. The highest BCUT2D eigenvalue weighted by atomic mass is 16.2. The average Bonchev–Trinajstić information content (AvgIpc) is 2.92. The molecule has 3 atom stereocenters. The van der Waals surface area contributed by atoms with Crippen LogP contribution < -0.4 is 15.8 Å². The topological polar surface area (TPSA) is 70.2 Å². The Morgan fingerprint density at radius 2 is 1.76 bits per heavy atom. The summed E-state index contributed by atoms with van der Waals surface area (Å²) in [5, 5.41) is 4.95. The molecule has 0 bridgehead atoms. The molecule has 0 saturated carbocycles. The summed E-state index contributed by atoms with van der Waals surface area (Å²) in [5.41, 5.74) is 7.44. The third kappa shape index (κ3) is 2.92. The van der Waals surface area contributed by atoms with E-state index in [2.05, 4.69) is 51.9 Å². The quantitative estimate of drug-likeness (QED) is 0.877. The first-order valence-electron chi connectivity index (χ1n) is 8.75. The number of hydrogen-bond donors (Lipinski definition) is 2. The van der Waals surface area contributed by atoms with Crippen molar-refractivity contribution < 1.29 is 4.79 Å². The largest absolute Gasteiger partial charge is 0.300 e. The summed E-state index contributed by atoms with van der Waals surface area (Å²) < 4.78 is 0. The summed E-state index contributed by atoms with van der Waals surface area (Å²) >= 11 is 0. The van der Waals surface area contributed by atoms with Crippen LogP contribution in [0.4, 0.5) is 5.95 Å². The van der Waals surface area contributed by atoms with E-state index in [1.54, 1.807) is 0 Å². The summed E-state index contributed by atoms with van der Waals surface area (Å²) in [4.78, 5) is 22.0. The fourth-order valence-electron chi connectivity index (χ4n) is 3.88. The molecular weight excluding hydrogens is 314 g/mol. The second kappa shape index (κ2) is 6.20. The molecule has 0 radical (unpaired) electrons. The van der Waals surface area contributed by atoms with Gasteiger partial charge in [0, 0.05) is 11.4 Å². The van der Waals surface area contributed by atoms with E-state index < -0.39 is 0 Å². The molecule has 1 amide bonds. The van der Waals surface area contributed by atoms with Gasteiger partial charge in [-0.1, -0.05) is 29.8 Å². The number of anilines is 1. The lowest BCUT2D eigenvalue weighted by molar-refractivity contribution is -0.121. The van der Waals surface area contributed by atoms with Crippen LogP contribution in [0.5, 0.6) is 0 Å². The average molecular weight is 337 g/mol. The van der Waals surface area contributed by atoms with E-state index in [0.29, 0.717) is 5.95 Å². The predicted molar refractivity (Wildman–Crippen MR) is 95.9 cm³/mol. The van der Waals surface area contributed by atoms with Crippen molar-refractivity contribution in [1.29, 1.82) is 0 Å². The van der Waals surface area contributed by atoms with Gasteiger partial charge in [-0.05, 0) is 51.3 Å². The maximum Gasteiger partial charge on any atom is 0.250 e. The van der Waals surface area contributed by atoms with Crippen LogP contribution in [-0.2, 0) is 4.79 Å². The molecule has 25 heavy (non-hydrogen) atoms. The number of rotatable bonds is 2. The Balaban J connectivity index is 1.66. The van der Waals surface area contributed by atoms with E-state index in [-0.39, 0.29) is 23.9 Å². The van der Waals surface area contributed by atoms with Crippen molar-refractivity contribution in [2.24, 2.45) is 5.92 Å². The van der Waals surface area contributed by atoms with Gasteiger partial charge in [-0.3, -0.25) is 10.1 Å². The van der Waals surface area contributed by atoms with E-state index in [9.17, 15) is 4.79 Å². The molecular formula is C19H23N5O. The number of hydrogen-bond acceptors (Lipinski definition) is 5. The standard InChI is InChI=1S/C19H23N5O/c1-11-4-6-14(7-5-11)15-8-9-20-17-16(15)18(25)24(23-17)19-21-12(2)10-13(3)22-19/h4-7,10,15-17,20,23H,8-9H2,1-3H3. The monoisotopic (exact) mass is 337 g/mol. The highest BCUT2D eigenvalue weighted by Crippen LogP contribution is 2.37. The lowest BCUT2D eigenvalue weighted by Crippen LogP contribution is -2.50. The van der Waals surface area contributed by atoms with Crippen LogP contribution in [0.2, 0.25) is 0 Å². The Kier molecular flexibility index (Phi) is 4.01. The number of hydrazine groups is 1. The van der Waals surface area contributed by atoms with Crippen molar-refractivity contribution in [1.82, 2.24) is 20.7 Å². The molecule has 2 saturated heterocycles. The minimum atomic E-state index is -0.152. The van der Waals surface area contributed by atoms with Crippen LogP contribution in [0.15, 0.2) is 30.3 Å². The number of piperidine rings is 1. The molecule has 1 aromatic heterocycles. The fourth-order valence-corrected chi connectivity index (χ4v) is 3.88. The van der Waals surface area contributed by atoms with Crippen LogP contribution in [-0.4, -0.2) is 28.6 Å². The number of benzene rings is 1. The maximum absolute atomic E-state index is 13.2. The molecule has 2 aromatic rings. The number of aromatic nitrogens is 2. The van der Waals surface area contributed by atoms with Crippen LogP contribution in [0.25, 0.3) is 0 Å². The number of amides is 1. The molecule has 2 N–H and O–H groups in total.